The molecule has 4 nitrogen and oxygen atoms in total. The molecule has 1 N–H and O–H groups in total. The lowest BCUT2D eigenvalue weighted by Crippen LogP contribution is -2.13. The maximum Gasteiger partial charge on any atom is 0.306 e. The van der Waals surface area contributed by atoms with Crippen molar-refractivity contribution in [2.24, 2.45) is 0 Å². The van der Waals surface area contributed by atoms with E-state index < -0.39 is 5.97 Å². The van der Waals surface area contributed by atoms with Gasteiger partial charge in [-0.2, -0.15) is 0 Å². The van der Waals surface area contributed by atoms with Gasteiger partial charge in [-0.25, -0.2) is 0 Å². The lowest BCUT2D eigenvalue weighted by Gasteiger charge is -2.11. The summed E-state index contributed by atoms with van der Waals surface area (Å²) in [5, 5.41) is 8.68. The Hall–Kier alpha value is -2.10. The van der Waals surface area contributed by atoms with Gasteiger partial charge in [-0.15, -0.1) is 0 Å². The minimum absolute atomic E-state index is 0.137. The number of carboxylic acid groups (broad SMARTS) is 1. The first-order chi connectivity index (χ1) is 16.1. The molecule has 4 heteroatoms. The van der Waals surface area contributed by atoms with Crippen LogP contribution in [0.3, 0.4) is 0 Å². The molecule has 0 saturated carbocycles. The Morgan fingerprint density at radius 3 is 2.03 bits per heavy atom. The molecule has 0 aromatic carbocycles. The molecule has 0 rings (SSSR count). The summed E-state index contributed by atoms with van der Waals surface area (Å²) < 4.78 is 5.68. The molecule has 0 spiro atoms. The SMILES string of the molecule is CC/C=C\C/C=C\C(/C=C\CCCCCC(=O)O)OC(=O)CCCCCCC/C=C\CCC. The van der Waals surface area contributed by atoms with Crippen LogP contribution in [-0.2, 0) is 14.3 Å². The van der Waals surface area contributed by atoms with Gasteiger partial charge in [0.05, 0.1) is 0 Å². The average molecular weight is 461 g/mol. The number of rotatable bonds is 22. The number of unbranched alkanes of at least 4 members (excludes halogenated alkanes) is 9. The van der Waals surface area contributed by atoms with E-state index in [2.05, 4.69) is 38.2 Å². The first-order valence-corrected chi connectivity index (χ1v) is 13.1. The third-order valence-corrected chi connectivity index (χ3v) is 5.23. The smallest absolute Gasteiger partial charge is 0.306 e. The van der Waals surface area contributed by atoms with Crippen LogP contribution in [0.5, 0.6) is 0 Å². The number of aliphatic carboxylic acids is 1. The van der Waals surface area contributed by atoms with E-state index in [-0.39, 0.29) is 18.5 Å². The summed E-state index contributed by atoms with van der Waals surface area (Å²) in [5.41, 5.74) is 0. The maximum atomic E-state index is 12.3. The molecule has 0 radical (unpaired) electrons. The van der Waals surface area contributed by atoms with Crippen LogP contribution in [0.4, 0.5) is 0 Å². The first-order valence-electron chi connectivity index (χ1n) is 13.1. The second-order valence-corrected chi connectivity index (χ2v) is 8.49. The van der Waals surface area contributed by atoms with Crippen LogP contribution >= 0.6 is 0 Å². The van der Waals surface area contributed by atoms with Crippen molar-refractivity contribution in [3.05, 3.63) is 48.6 Å². The van der Waals surface area contributed by atoms with Crippen molar-refractivity contribution in [3.63, 3.8) is 0 Å². The minimum Gasteiger partial charge on any atom is -0.481 e. The number of esters is 1. The van der Waals surface area contributed by atoms with Gasteiger partial charge in [0.1, 0.15) is 6.10 Å². The topological polar surface area (TPSA) is 63.6 Å². The zero-order valence-corrected chi connectivity index (χ0v) is 21.2. The fourth-order valence-corrected chi connectivity index (χ4v) is 3.32. The fraction of sp³-hybridized carbons (Fsp3) is 0.655. The van der Waals surface area contributed by atoms with E-state index in [1.54, 1.807) is 0 Å². The normalized spacial score (nSPS) is 13.0. The monoisotopic (exact) mass is 460 g/mol. The van der Waals surface area contributed by atoms with Gasteiger partial charge in [-0.3, -0.25) is 9.59 Å². The van der Waals surface area contributed by atoms with Crippen molar-refractivity contribution in [1.82, 2.24) is 0 Å². The van der Waals surface area contributed by atoms with Gasteiger partial charge >= 0.3 is 11.9 Å². The van der Waals surface area contributed by atoms with Crippen molar-refractivity contribution < 1.29 is 19.4 Å². The molecule has 33 heavy (non-hydrogen) atoms. The molecule has 0 bridgehead atoms. The number of ether oxygens (including phenoxy) is 1. The zero-order valence-electron chi connectivity index (χ0n) is 21.2. The molecule has 1 atom stereocenters. The Morgan fingerprint density at radius 1 is 0.697 bits per heavy atom. The molecule has 0 fully saturated rings. The molecule has 0 saturated heterocycles. The van der Waals surface area contributed by atoms with Crippen LogP contribution in [0, 0.1) is 0 Å². The minimum atomic E-state index is -0.737. The van der Waals surface area contributed by atoms with Gasteiger partial charge < -0.3 is 9.84 Å². The van der Waals surface area contributed by atoms with E-state index in [9.17, 15) is 9.59 Å². The number of hydrogen-bond donors (Lipinski definition) is 1. The van der Waals surface area contributed by atoms with Gasteiger partial charge in [-0.1, -0.05) is 82.4 Å². The maximum absolute atomic E-state index is 12.3. The molecule has 188 valence electrons. The molecule has 1 unspecified atom stereocenters. The predicted molar refractivity (Wildman–Crippen MR) is 139 cm³/mol. The molecule has 0 amide bonds. The average Bonchev–Trinajstić information content (AvgIpc) is 2.79. The lowest BCUT2D eigenvalue weighted by atomic mass is 10.1. The van der Waals surface area contributed by atoms with E-state index in [4.69, 9.17) is 9.84 Å². The third-order valence-electron chi connectivity index (χ3n) is 5.23. The number of carbonyl (C=O) groups excluding carboxylic acids is 1. The molecule has 0 aromatic heterocycles. The third kappa shape index (κ3) is 24.4. The summed E-state index contributed by atoms with van der Waals surface area (Å²) in [6.07, 6.45) is 31.5. The highest BCUT2D eigenvalue weighted by Crippen LogP contribution is 2.11. The summed E-state index contributed by atoms with van der Waals surface area (Å²) in [5.74, 6) is -0.873. The van der Waals surface area contributed by atoms with Crippen LogP contribution in [0.1, 0.15) is 117 Å². The van der Waals surface area contributed by atoms with E-state index in [1.807, 2.05) is 24.3 Å². The summed E-state index contributed by atoms with van der Waals surface area (Å²) >= 11 is 0. The second kappa shape index (κ2) is 24.5. The summed E-state index contributed by atoms with van der Waals surface area (Å²) in [4.78, 5) is 22.8. The number of allylic oxidation sites excluding steroid dienone is 6. The highest BCUT2D eigenvalue weighted by Gasteiger charge is 2.08. The molecule has 0 heterocycles. The number of carboxylic acids is 1. The van der Waals surface area contributed by atoms with E-state index >= 15 is 0 Å². The highest BCUT2D eigenvalue weighted by atomic mass is 16.5. The van der Waals surface area contributed by atoms with Crippen LogP contribution in [0.25, 0.3) is 0 Å². The molecule has 0 aliphatic rings. The van der Waals surface area contributed by atoms with Gasteiger partial charge in [0.25, 0.3) is 0 Å². The Morgan fingerprint density at radius 2 is 1.30 bits per heavy atom. The first kappa shape index (κ1) is 30.9. The second-order valence-electron chi connectivity index (χ2n) is 8.49. The Bertz CT molecular complexity index is 586. The summed E-state index contributed by atoms with van der Waals surface area (Å²) in [6.45, 7) is 4.30. The Kier molecular flexibility index (Phi) is 23.0. The van der Waals surface area contributed by atoms with E-state index in [0.29, 0.717) is 12.8 Å². The zero-order chi connectivity index (χ0) is 24.4. The van der Waals surface area contributed by atoms with Crippen LogP contribution in [0.2, 0.25) is 0 Å². The lowest BCUT2D eigenvalue weighted by molar-refractivity contribution is -0.145. The van der Waals surface area contributed by atoms with Crippen molar-refractivity contribution >= 4 is 11.9 Å². The van der Waals surface area contributed by atoms with Gasteiger partial charge in [-0.05, 0) is 69.9 Å². The van der Waals surface area contributed by atoms with Gasteiger partial charge in [0.2, 0.25) is 0 Å². The van der Waals surface area contributed by atoms with E-state index in [0.717, 1.165) is 51.4 Å². The Balaban J connectivity index is 4.20. The van der Waals surface area contributed by atoms with Crippen molar-refractivity contribution in [3.8, 4) is 0 Å². The number of carbonyl (C=O) groups is 2. The van der Waals surface area contributed by atoms with Crippen LogP contribution in [-0.4, -0.2) is 23.1 Å². The molecule has 0 aliphatic carbocycles. The predicted octanol–water partition coefficient (Wildman–Crippen LogP) is 8.49. The van der Waals surface area contributed by atoms with Gasteiger partial charge in [0, 0.05) is 12.8 Å². The van der Waals surface area contributed by atoms with Crippen molar-refractivity contribution in [2.45, 2.75) is 123 Å². The highest BCUT2D eigenvalue weighted by molar-refractivity contribution is 5.69. The molecule has 0 aromatic rings. The molecular weight excluding hydrogens is 412 g/mol. The fourth-order valence-electron chi connectivity index (χ4n) is 3.32. The van der Waals surface area contributed by atoms with Crippen LogP contribution in [0.15, 0.2) is 48.6 Å². The van der Waals surface area contributed by atoms with Crippen LogP contribution < -0.4 is 0 Å². The summed E-state index contributed by atoms with van der Waals surface area (Å²) in [6, 6.07) is 0. The van der Waals surface area contributed by atoms with Crippen molar-refractivity contribution in [1.29, 1.82) is 0 Å². The quantitative estimate of drug-likeness (QED) is 0.0999. The van der Waals surface area contributed by atoms with E-state index in [1.165, 1.54) is 32.1 Å². The molecular formula is C29H48O4. The Labute approximate surface area is 202 Å². The number of hydrogen-bond acceptors (Lipinski definition) is 3. The van der Waals surface area contributed by atoms with Crippen molar-refractivity contribution in [2.75, 3.05) is 0 Å². The largest absolute Gasteiger partial charge is 0.481 e. The summed E-state index contributed by atoms with van der Waals surface area (Å²) in [7, 11) is 0. The molecule has 0 aliphatic heterocycles. The van der Waals surface area contributed by atoms with Gasteiger partial charge in [0.15, 0.2) is 0 Å². The standard InChI is InChI=1S/C29H48O4/c1-3-5-7-9-10-11-12-13-18-22-26-29(32)33-27(23-19-15-8-6-4-2)24-20-16-14-17-21-25-28(30)31/h6-9,19-20,23-24,27H,3-5,10-18,21-22,25-26H2,1-2H3,(H,30,31)/b8-6-,9-7-,23-19-,24-20-.